The Labute approximate surface area is 178 Å². The van der Waals surface area contributed by atoms with Crippen molar-refractivity contribution in [2.24, 2.45) is 5.92 Å². The Balaban J connectivity index is 1.75. The Morgan fingerprint density at radius 1 is 1.17 bits per heavy atom. The number of nitrogens with zero attached hydrogens (tertiary/aromatic N) is 2. The second-order valence-electron chi connectivity index (χ2n) is 8.86. The van der Waals surface area contributed by atoms with E-state index in [1.807, 2.05) is 51.2 Å². The van der Waals surface area contributed by atoms with E-state index in [4.69, 9.17) is 0 Å². The number of rotatable bonds is 7. The molecular formula is C25H30FN3O. The van der Waals surface area contributed by atoms with Gasteiger partial charge in [-0.05, 0) is 69.5 Å². The summed E-state index contributed by atoms with van der Waals surface area (Å²) in [6, 6.07) is 12.0. The number of carbonyl (C=O) groups excluding carboxylic acids is 1. The first-order chi connectivity index (χ1) is 14.1. The summed E-state index contributed by atoms with van der Waals surface area (Å²) < 4.78 is 13.8. The van der Waals surface area contributed by atoms with E-state index in [1.54, 1.807) is 6.20 Å². The van der Waals surface area contributed by atoms with Crippen molar-refractivity contribution >= 4 is 16.8 Å². The van der Waals surface area contributed by atoms with E-state index in [0.717, 1.165) is 33.3 Å². The van der Waals surface area contributed by atoms with Gasteiger partial charge in [0.05, 0.1) is 11.2 Å². The van der Waals surface area contributed by atoms with Crippen molar-refractivity contribution in [1.82, 2.24) is 15.3 Å². The van der Waals surface area contributed by atoms with E-state index in [-0.39, 0.29) is 17.9 Å². The number of amides is 1. The van der Waals surface area contributed by atoms with Gasteiger partial charge in [-0.15, -0.1) is 0 Å². The molecule has 0 fully saturated rings. The summed E-state index contributed by atoms with van der Waals surface area (Å²) in [5.41, 5.74) is 3.74. The van der Waals surface area contributed by atoms with Gasteiger partial charge in [-0.3, -0.25) is 14.8 Å². The largest absolute Gasteiger partial charge is 0.353 e. The molecule has 0 spiro atoms. The lowest BCUT2D eigenvalue weighted by Gasteiger charge is -2.22. The van der Waals surface area contributed by atoms with Crippen molar-refractivity contribution < 1.29 is 9.18 Å². The predicted molar refractivity (Wildman–Crippen MR) is 120 cm³/mol. The molecule has 0 aliphatic heterocycles. The van der Waals surface area contributed by atoms with Gasteiger partial charge in [-0.25, -0.2) is 4.39 Å². The number of fused-ring (bicyclic) bond motifs is 1. The highest BCUT2D eigenvalue weighted by molar-refractivity contribution is 5.85. The Hall–Kier alpha value is -2.82. The molecule has 1 amide bonds. The number of hydrogen-bond donors (Lipinski definition) is 1. The molecule has 0 aliphatic rings. The Morgan fingerprint density at radius 2 is 1.93 bits per heavy atom. The topological polar surface area (TPSA) is 54.9 Å². The van der Waals surface area contributed by atoms with Gasteiger partial charge in [0, 0.05) is 41.7 Å². The minimum atomic E-state index is -1.30. The highest BCUT2D eigenvalue weighted by atomic mass is 19.1. The summed E-state index contributed by atoms with van der Waals surface area (Å²) in [6.45, 7) is 8.83. The van der Waals surface area contributed by atoms with Crippen molar-refractivity contribution in [2.45, 2.75) is 59.2 Å². The summed E-state index contributed by atoms with van der Waals surface area (Å²) in [5, 5.41) is 3.95. The number of benzene rings is 1. The van der Waals surface area contributed by atoms with Gasteiger partial charge in [0.15, 0.2) is 0 Å². The van der Waals surface area contributed by atoms with E-state index in [2.05, 4.69) is 27.4 Å². The number of hydrogen-bond acceptors (Lipinski definition) is 3. The van der Waals surface area contributed by atoms with Crippen molar-refractivity contribution in [3.8, 4) is 11.3 Å². The lowest BCUT2D eigenvalue weighted by molar-refractivity contribution is -0.125. The van der Waals surface area contributed by atoms with E-state index < -0.39 is 5.67 Å². The zero-order chi connectivity index (χ0) is 21.9. The summed E-state index contributed by atoms with van der Waals surface area (Å²) in [6.07, 6.45) is 4.49. The molecule has 0 aliphatic carbocycles. The molecule has 2 unspecified atom stereocenters. The third kappa shape index (κ3) is 5.62. The molecule has 5 heteroatoms. The smallest absolute Gasteiger partial charge is 0.223 e. The van der Waals surface area contributed by atoms with Crippen LogP contribution in [-0.2, 0) is 11.2 Å². The van der Waals surface area contributed by atoms with Gasteiger partial charge in [0.2, 0.25) is 5.91 Å². The van der Waals surface area contributed by atoms with Crippen LogP contribution in [0.3, 0.4) is 0 Å². The van der Waals surface area contributed by atoms with Crippen LogP contribution in [0, 0.1) is 12.8 Å². The molecule has 3 rings (SSSR count). The van der Waals surface area contributed by atoms with E-state index in [9.17, 15) is 9.18 Å². The van der Waals surface area contributed by atoms with Crippen LogP contribution in [-0.4, -0.2) is 27.6 Å². The molecule has 158 valence electrons. The van der Waals surface area contributed by atoms with Crippen molar-refractivity contribution in [3.63, 3.8) is 0 Å². The second kappa shape index (κ2) is 8.90. The Morgan fingerprint density at radius 3 is 2.63 bits per heavy atom. The molecule has 2 heterocycles. The number of pyridine rings is 2. The Bertz CT molecular complexity index is 1040. The average Bonchev–Trinajstić information content (AvgIpc) is 2.66. The van der Waals surface area contributed by atoms with Gasteiger partial charge >= 0.3 is 0 Å². The molecular weight excluding hydrogens is 377 g/mol. The molecule has 1 aromatic carbocycles. The van der Waals surface area contributed by atoms with Crippen LogP contribution in [0.25, 0.3) is 22.2 Å². The number of nitrogens with one attached hydrogen (secondary N) is 1. The first-order valence-electron chi connectivity index (χ1n) is 10.4. The maximum Gasteiger partial charge on any atom is 0.223 e. The highest BCUT2D eigenvalue weighted by Gasteiger charge is 2.22. The van der Waals surface area contributed by atoms with Crippen molar-refractivity contribution in [2.75, 3.05) is 0 Å². The monoisotopic (exact) mass is 407 g/mol. The summed E-state index contributed by atoms with van der Waals surface area (Å²) in [4.78, 5) is 21.6. The molecule has 30 heavy (non-hydrogen) atoms. The van der Waals surface area contributed by atoms with Crippen molar-refractivity contribution in [1.29, 1.82) is 0 Å². The van der Waals surface area contributed by atoms with Gasteiger partial charge in [-0.2, -0.15) is 0 Å². The van der Waals surface area contributed by atoms with Gasteiger partial charge in [0.1, 0.15) is 5.67 Å². The molecule has 3 aromatic rings. The molecule has 0 radical (unpaired) electrons. The maximum atomic E-state index is 13.8. The quantitative estimate of drug-likeness (QED) is 0.568. The fraction of sp³-hybridized carbons (Fsp3) is 0.400. The van der Waals surface area contributed by atoms with Crippen LogP contribution < -0.4 is 5.32 Å². The molecule has 0 saturated carbocycles. The van der Waals surface area contributed by atoms with Crippen LogP contribution in [0.5, 0.6) is 0 Å². The van der Waals surface area contributed by atoms with Gasteiger partial charge in [-0.1, -0.05) is 19.1 Å². The average molecular weight is 408 g/mol. The van der Waals surface area contributed by atoms with E-state index in [0.29, 0.717) is 12.8 Å². The second-order valence-corrected chi connectivity index (χ2v) is 8.86. The van der Waals surface area contributed by atoms with Crippen molar-refractivity contribution in [3.05, 3.63) is 59.9 Å². The molecule has 0 saturated heterocycles. The molecule has 1 N–H and O–H groups in total. The first-order valence-corrected chi connectivity index (χ1v) is 10.4. The Kier molecular flexibility index (Phi) is 6.49. The number of alkyl halides is 1. The van der Waals surface area contributed by atoms with Gasteiger partial charge < -0.3 is 5.32 Å². The number of halogens is 1. The summed E-state index contributed by atoms with van der Waals surface area (Å²) in [5.74, 6) is -0.291. The van der Waals surface area contributed by atoms with Crippen LogP contribution in [0.15, 0.2) is 48.8 Å². The zero-order valence-corrected chi connectivity index (χ0v) is 18.4. The van der Waals surface area contributed by atoms with Crippen LogP contribution in [0.1, 0.15) is 45.2 Å². The number of carbonyl (C=O) groups is 1. The number of aryl methyl sites for hydroxylation is 1. The minimum Gasteiger partial charge on any atom is -0.353 e. The van der Waals surface area contributed by atoms with Crippen LogP contribution >= 0.6 is 0 Å². The van der Waals surface area contributed by atoms with Crippen LogP contribution in [0.4, 0.5) is 4.39 Å². The predicted octanol–water partition coefficient (Wildman–Crippen LogP) is 5.43. The SMILES string of the molecule is Cc1cccnc1-c1ccc2ncc(CC(C)C(=O)NC(C)CC(C)(C)F)cc2c1. The zero-order valence-electron chi connectivity index (χ0n) is 18.4. The summed E-state index contributed by atoms with van der Waals surface area (Å²) >= 11 is 0. The molecule has 2 atom stereocenters. The standard InChI is InChI=1S/C25H30FN3O/c1-16-7-6-10-27-23(16)20-8-9-22-21(13-20)12-19(15-28-22)11-17(2)24(30)29-18(3)14-25(4,5)26/h6-10,12-13,15,17-18H,11,14H2,1-5H3,(H,29,30). The van der Waals surface area contributed by atoms with Gasteiger partial charge in [0.25, 0.3) is 0 Å². The first kappa shape index (κ1) is 21.9. The lowest BCUT2D eigenvalue weighted by atomic mass is 9.97. The minimum absolute atomic E-state index is 0.0651. The normalized spacial score (nSPS) is 13.8. The van der Waals surface area contributed by atoms with E-state index in [1.165, 1.54) is 13.8 Å². The fourth-order valence-corrected chi connectivity index (χ4v) is 3.83. The molecule has 0 bridgehead atoms. The fourth-order valence-electron chi connectivity index (χ4n) is 3.83. The molecule has 2 aromatic heterocycles. The van der Waals surface area contributed by atoms with Crippen LogP contribution in [0.2, 0.25) is 0 Å². The highest BCUT2D eigenvalue weighted by Crippen LogP contribution is 2.25. The summed E-state index contributed by atoms with van der Waals surface area (Å²) in [7, 11) is 0. The van der Waals surface area contributed by atoms with E-state index >= 15 is 0 Å². The third-order valence-electron chi connectivity index (χ3n) is 5.19. The maximum absolute atomic E-state index is 13.8. The number of aromatic nitrogens is 2. The lowest BCUT2D eigenvalue weighted by Crippen LogP contribution is -2.39. The third-order valence-corrected chi connectivity index (χ3v) is 5.19. The molecule has 4 nitrogen and oxygen atoms in total.